The topological polar surface area (TPSA) is 98.7 Å². The predicted octanol–water partition coefficient (Wildman–Crippen LogP) is 3.44. The molecular formula is C20H17ClN6O2S. The molecule has 152 valence electrons. The lowest BCUT2D eigenvalue weighted by molar-refractivity contribution is -0.118. The lowest BCUT2D eigenvalue weighted by Gasteiger charge is -2.09. The summed E-state index contributed by atoms with van der Waals surface area (Å²) in [5.41, 5.74) is 1.53. The van der Waals surface area contributed by atoms with Crippen molar-refractivity contribution in [2.45, 2.75) is 18.2 Å². The molecule has 1 amide bonds. The summed E-state index contributed by atoms with van der Waals surface area (Å²) >= 11 is 7.27. The van der Waals surface area contributed by atoms with Gasteiger partial charge < -0.3 is 9.73 Å². The van der Waals surface area contributed by atoms with Crippen molar-refractivity contribution in [3.8, 4) is 11.5 Å². The number of carbonyl (C=O) groups excluding carboxylic acids is 1. The molecule has 0 saturated heterocycles. The van der Waals surface area contributed by atoms with E-state index in [2.05, 4.69) is 25.5 Å². The van der Waals surface area contributed by atoms with E-state index in [1.54, 1.807) is 30.9 Å². The first-order valence-electron chi connectivity index (χ1n) is 9.05. The van der Waals surface area contributed by atoms with Gasteiger partial charge in [0.05, 0.1) is 24.8 Å². The quantitative estimate of drug-likeness (QED) is 0.419. The minimum Gasteiger partial charge on any atom is -0.467 e. The van der Waals surface area contributed by atoms with Crippen molar-refractivity contribution in [3.63, 3.8) is 0 Å². The maximum atomic E-state index is 12.3. The van der Waals surface area contributed by atoms with Gasteiger partial charge in [0.2, 0.25) is 5.91 Å². The Morgan fingerprint density at radius 2 is 2.13 bits per heavy atom. The van der Waals surface area contributed by atoms with Crippen LogP contribution in [0.3, 0.4) is 0 Å². The minimum absolute atomic E-state index is 0.117. The molecule has 3 heterocycles. The van der Waals surface area contributed by atoms with Crippen LogP contribution in [-0.4, -0.2) is 36.4 Å². The van der Waals surface area contributed by atoms with E-state index in [1.165, 1.54) is 11.8 Å². The summed E-state index contributed by atoms with van der Waals surface area (Å²) in [4.78, 5) is 20.7. The predicted molar refractivity (Wildman–Crippen MR) is 113 cm³/mol. The number of nitrogens with one attached hydrogen (secondary N) is 1. The summed E-state index contributed by atoms with van der Waals surface area (Å²) in [6.45, 7) is 0.822. The second kappa shape index (κ2) is 9.55. The SMILES string of the molecule is O=C(CSc1nnc(-c2cnccn2)n1Cc1ccco1)NCc1cccc(Cl)c1. The van der Waals surface area contributed by atoms with Crippen molar-refractivity contribution < 1.29 is 9.21 Å². The van der Waals surface area contributed by atoms with Crippen molar-refractivity contribution in [1.82, 2.24) is 30.0 Å². The summed E-state index contributed by atoms with van der Waals surface area (Å²) in [6, 6.07) is 11.1. The average molecular weight is 441 g/mol. The molecule has 0 saturated carbocycles. The van der Waals surface area contributed by atoms with E-state index in [9.17, 15) is 4.79 Å². The van der Waals surface area contributed by atoms with E-state index >= 15 is 0 Å². The second-order valence-corrected chi connectivity index (χ2v) is 7.64. The standard InChI is InChI=1S/C20H17ClN6O2S/c21-15-4-1-3-14(9-15)10-24-18(28)13-30-20-26-25-19(17-11-22-6-7-23-17)27(20)12-16-5-2-8-29-16/h1-9,11H,10,12-13H2,(H,24,28). The van der Waals surface area contributed by atoms with E-state index in [0.29, 0.717) is 34.8 Å². The smallest absolute Gasteiger partial charge is 0.230 e. The van der Waals surface area contributed by atoms with Gasteiger partial charge in [-0.25, -0.2) is 4.98 Å². The van der Waals surface area contributed by atoms with Crippen LogP contribution in [-0.2, 0) is 17.9 Å². The number of benzene rings is 1. The monoisotopic (exact) mass is 440 g/mol. The van der Waals surface area contributed by atoms with Crippen molar-refractivity contribution in [2.75, 3.05) is 5.75 Å². The van der Waals surface area contributed by atoms with Crippen molar-refractivity contribution >= 4 is 29.3 Å². The van der Waals surface area contributed by atoms with Gasteiger partial charge in [0.25, 0.3) is 0 Å². The van der Waals surface area contributed by atoms with Crippen LogP contribution >= 0.6 is 23.4 Å². The Hall–Kier alpha value is -3.17. The molecule has 0 spiro atoms. The van der Waals surface area contributed by atoms with E-state index in [-0.39, 0.29) is 11.7 Å². The number of carbonyl (C=O) groups is 1. The molecule has 1 N–H and O–H groups in total. The highest BCUT2D eigenvalue weighted by Crippen LogP contribution is 2.23. The number of rotatable bonds is 8. The maximum Gasteiger partial charge on any atom is 0.230 e. The summed E-state index contributed by atoms with van der Waals surface area (Å²) in [5, 5.41) is 12.6. The number of halogens is 1. The fourth-order valence-corrected chi connectivity index (χ4v) is 3.71. The first kappa shape index (κ1) is 20.1. The lowest BCUT2D eigenvalue weighted by atomic mass is 10.2. The summed E-state index contributed by atoms with van der Waals surface area (Å²) in [5.74, 6) is 1.37. The van der Waals surface area contributed by atoms with Gasteiger partial charge in [0, 0.05) is 24.0 Å². The molecule has 3 aromatic heterocycles. The summed E-state index contributed by atoms with van der Waals surface area (Å²) in [6.07, 6.45) is 6.42. The summed E-state index contributed by atoms with van der Waals surface area (Å²) in [7, 11) is 0. The van der Waals surface area contributed by atoms with E-state index in [4.69, 9.17) is 16.0 Å². The molecule has 0 atom stereocenters. The molecule has 0 unspecified atom stereocenters. The van der Waals surface area contributed by atoms with Crippen LogP contribution in [0.25, 0.3) is 11.5 Å². The highest BCUT2D eigenvalue weighted by Gasteiger charge is 2.18. The van der Waals surface area contributed by atoms with Crippen LogP contribution in [0.4, 0.5) is 0 Å². The minimum atomic E-state index is -0.117. The van der Waals surface area contributed by atoms with Crippen molar-refractivity contribution in [1.29, 1.82) is 0 Å². The molecule has 0 radical (unpaired) electrons. The Labute approximate surface area is 181 Å². The van der Waals surface area contributed by atoms with Gasteiger partial charge in [-0.2, -0.15) is 0 Å². The third-order valence-electron chi connectivity index (χ3n) is 4.11. The van der Waals surface area contributed by atoms with E-state index in [0.717, 1.165) is 11.3 Å². The second-order valence-electron chi connectivity index (χ2n) is 6.26. The molecule has 0 fully saturated rings. The largest absolute Gasteiger partial charge is 0.467 e. The Morgan fingerprint density at radius 3 is 2.90 bits per heavy atom. The van der Waals surface area contributed by atoms with Crippen LogP contribution in [0.1, 0.15) is 11.3 Å². The summed E-state index contributed by atoms with van der Waals surface area (Å²) < 4.78 is 7.32. The molecular weight excluding hydrogens is 424 g/mol. The average Bonchev–Trinajstić information content (AvgIpc) is 3.42. The molecule has 0 aliphatic rings. The van der Waals surface area contributed by atoms with Gasteiger partial charge in [-0.15, -0.1) is 10.2 Å². The number of hydrogen-bond donors (Lipinski definition) is 1. The molecule has 8 nitrogen and oxygen atoms in total. The first-order chi connectivity index (χ1) is 14.7. The van der Waals surface area contributed by atoms with Gasteiger partial charge in [-0.05, 0) is 29.8 Å². The molecule has 30 heavy (non-hydrogen) atoms. The Kier molecular flexibility index (Phi) is 6.41. The Balaban J connectivity index is 1.45. The molecule has 0 bridgehead atoms. The lowest BCUT2D eigenvalue weighted by Crippen LogP contribution is -2.24. The molecule has 0 aliphatic carbocycles. The molecule has 4 rings (SSSR count). The van der Waals surface area contributed by atoms with Gasteiger partial charge in [-0.1, -0.05) is 35.5 Å². The zero-order valence-electron chi connectivity index (χ0n) is 15.7. The Bertz CT molecular complexity index is 1120. The number of nitrogens with zero attached hydrogens (tertiary/aromatic N) is 5. The number of furan rings is 1. The van der Waals surface area contributed by atoms with Crippen LogP contribution in [0.15, 0.2) is 70.8 Å². The van der Waals surface area contributed by atoms with Crippen LogP contribution in [0, 0.1) is 0 Å². The number of hydrogen-bond acceptors (Lipinski definition) is 7. The molecule has 4 aromatic rings. The maximum absolute atomic E-state index is 12.3. The highest BCUT2D eigenvalue weighted by atomic mass is 35.5. The third kappa shape index (κ3) is 5.05. The first-order valence-corrected chi connectivity index (χ1v) is 10.4. The van der Waals surface area contributed by atoms with Gasteiger partial charge in [0.15, 0.2) is 11.0 Å². The van der Waals surface area contributed by atoms with Gasteiger partial charge in [-0.3, -0.25) is 14.3 Å². The fourth-order valence-electron chi connectivity index (χ4n) is 2.73. The normalized spacial score (nSPS) is 10.8. The molecule has 10 heteroatoms. The number of aromatic nitrogens is 5. The zero-order chi connectivity index (χ0) is 20.8. The highest BCUT2D eigenvalue weighted by molar-refractivity contribution is 7.99. The third-order valence-corrected chi connectivity index (χ3v) is 5.32. The zero-order valence-corrected chi connectivity index (χ0v) is 17.3. The van der Waals surface area contributed by atoms with Crippen LogP contribution in [0.5, 0.6) is 0 Å². The van der Waals surface area contributed by atoms with E-state index < -0.39 is 0 Å². The molecule has 0 aliphatic heterocycles. The van der Waals surface area contributed by atoms with E-state index in [1.807, 2.05) is 34.9 Å². The van der Waals surface area contributed by atoms with Gasteiger partial charge >= 0.3 is 0 Å². The van der Waals surface area contributed by atoms with Crippen LogP contribution in [0.2, 0.25) is 5.02 Å². The van der Waals surface area contributed by atoms with Crippen molar-refractivity contribution in [2.24, 2.45) is 0 Å². The fraction of sp³-hybridized carbons (Fsp3) is 0.150. The van der Waals surface area contributed by atoms with Crippen molar-refractivity contribution in [3.05, 3.63) is 77.6 Å². The van der Waals surface area contributed by atoms with Crippen LogP contribution < -0.4 is 5.32 Å². The van der Waals surface area contributed by atoms with Gasteiger partial charge in [0.1, 0.15) is 11.5 Å². The number of amides is 1. The number of thioether (sulfide) groups is 1. The molecule has 1 aromatic carbocycles. The Morgan fingerprint density at radius 1 is 1.20 bits per heavy atom.